The van der Waals surface area contributed by atoms with E-state index in [4.69, 9.17) is 8.83 Å². The second-order valence-corrected chi connectivity index (χ2v) is 4.79. The summed E-state index contributed by atoms with van der Waals surface area (Å²) in [6.45, 7) is 5.83. The summed E-state index contributed by atoms with van der Waals surface area (Å²) in [5.41, 5.74) is 2.88. The van der Waals surface area contributed by atoms with Crippen molar-refractivity contribution in [1.29, 1.82) is 0 Å². The number of furan rings is 2. The molecule has 0 aliphatic rings. The van der Waals surface area contributed by atoms with E-state index >= 15 is 0 Å². The van der Waals surface area contributed by atoms with Gasteiger partial charge in [-0.2, -0.15) is 0 Å². The molecule has 98 valence electrons. The van der Waals surface area contributed by atoms with Gasteiger partial charge in [0, 0.05) is 12.6 Å². The normalized spacial score (nSPS) is 11.2. The molecule has 3 aromatic rings. The van der Waals surface area contributed by atoms with Crippen LogP contribution < -0.4 is 0 Å². The molecule has 3 aromatic heterocycles. The van der Waals surface area contributed by atoms with E-state index in [0.717, 1.165) is 40.0 Å². The van der Waals surface area contributed by atoms with Gasteiger partial charge in [-0.3, -0.25) is 0 Å². The predicted octanol–water partition coefficient (Wildman–Crippen LogP) is 3.87. The minimum absolute atomic E-state index is 0.825. The van der Waals surface area contributed by atoms with Crippen LogP contribution in [-0.4, -0.2) is 9.55 Å². The van der Waals surface area contributed by atoms with Crippen molar-refractivity contribution in [1.82, 2.24) is 9.55 Å². The third-order valence-electron chi connectivity index (χ3n) is 3.21. The van der Waals surface area contributed by atoms with Gasteiger partial charge < -0.3 is 13.4 Å². The van der Waals surface area contributed by atoms with Crippen molar-refractivity contribution in [3.63, 3.8) is 0 Å². The molecule has 0 N–H and O–H groups in total. The fourth-order valence-electron chi connectivity index (χ4n) is 2.35. The molecular formula is C15H16N2O2. The van der Waals surface area contributed by atoms with Crippen molar-refractivity contribution in [2.45, 2.75) is 20.8 Å². The van der Waals surface area contributed by atoms with Gasteiger partial charge in [-0.15, -0.1) is 0 Å². The van der Waals surface area contributed by atoms with Gasteiger partial charge >= 0.3 is 0 Å². The number of nitrogens with zero attached hydrogens (tertiary/aromatic N) is 2. The van der Waals surface area contributed by atoms with E-state index in [2.05, 4.69) is 4.98 Å². The first kappa shape index (κ1) is 11.8. The Balaban J connectivity index is 2.21. The standard InChI is InChI=1S/C15H16N2O2/c1-9-5-6-13(19-9)15-14(16-8-17(15)4)12-7-10(2)18-11(12)3/h5-8H,1-4H3. The number of imidazole rings is 1. The summed E-state index contributed by atoms with van der Waals surface area (Å²) in [5.74, 6) is 3.48. The molecule has 0 spiro atoms. The molecule has 0 radical (unpaired) electrons. The molecular weight excluding hydrogens is 240 g/mol. The summed E-state index contributed by atoms with van der Waals surface area (Å²) in [6, 6.07) is 5.94. The zero-order valence-electron chi connectivity index (χ0n) is 11.5. The van der Waals surface area contributed by atoms with E-state index in [-0.39, 0.29) is 0 Å². The van der Waals surface area contributed by atoms with Crippen molar-refractivity contribution in [2.24, 2.45) is 7.05 Å². The molecule has 0 fully saturated rings. The smallest absolute Gasteiger partial charge is 0.152 e. The third-order valence-corrected chi connectivity index (χ3v) is 3.21. The molecule has 0 saturated carbocycles. The van der Waals surface area contributed by atoms with Crippen LogP contribution in [0.1, 0.15) is 17.3 Å². The Labute approximate surface area is 111 Å². The van der Waals surface area contributed by atoms with Crippen LogP contribution in [0.25, 0.3) is 22.7 Å². The molecule has 0 unspecified atom stereocenters. The van der Waals surface area contributed by atoms with Crippen molar-refractivity contribution in [3.05, 3.63) is 41.8 Å². The molecule has 3 heterocycles. The highest BCUT2D eigenvalue weighted by molar-refractivity contribution is 5.77. The average molecular weight is 256 g/mol. The minimum Gasteiger partial charge on any atom is -0.466 e. The molecule has 19 heavy (non-hydrogen) atoms. The monoisotopic (exact) mass is 256 g/mol. The molecule has 0 aromatic carbocycles. The van der Waals surface area contributed by atoms with Crippen molar-refractivity contribution < 1.29 is 8.83 Å². The number of aryl methyl sites for hydroxylation is 4. The van der Waals surface area contributed by atoms with Gasteiger partial charge in [-0.1, -0.05) is 0 Å². The van der Waals surface area contributed by atoms with Crippen LogP contribution in [0.3, 0.4) is 0 Å². The van der Waals surface area contributed by atoms with E-state index in [0.29, 0.717) is 0 Å². The van der Waals surface area contributed by atoms with Gasteiger partial charge in [0.2, 0.25) is 0 Å². The maximum atomic E-state index is 5.73. The zero-order chi connectivity index (χ0) is 13.6. The lowest BCUT2D eigenvalue weighted by Gasteiger charge is -2.02. The van der Waals surface area contributed by atoms with Crippen LogP contribution in [0.4, 0.5) is 0 Å². The van der Waals surface area contributed by atoms with Crippen LogP contribution in [0.2, 0.25) is 0 Å². The topological polar surface area (TPSA) is 44.1 Å². The highest BCUT2D eigenvalue weighted by Gasteiger charge is 2.19. The second kappa shape index (κ2) is 4.16. The molecule has 0 atom stereocenters. The summed E-state index contributed by atoms with van der Waals surface area (Å²) in [7, 11) is 1.96. The molecule has 0 aliphatic heterocycles. The van der Waals surface area contributed by atoms with Crippen LogP contribution in [0.5, 0.6) is 0 Å². The lowest BCUT2D eigenvalue weighted by Crippen LogP contribution is -1.90. The van der Waals surface area contributed by atoms with Crippen LogP contribution in [0, 0.1) is 20.8 Å². The molecule has 4 nitrogen and oxygen atoms in total. The number of aromatic nitrogens is 2. The Morgan fingerprint density at radius 1 is 1.05 bits per heavy atom. The summed E-state index contributed by atoms with van der Waals surface area (Å²) in [5, 5.41) is 0. The van der Waals surface area contributed by atoms with E-state index in [1.165, 1.54) is 0 Å². The lowest BCUT2D eigenvalue weighted by atomic mass is 10.1. The summed E-state index contributed by atoms with van der Waals surface area (Å²) < 4.78 is 13.3. The highest BCUT2D eigenvalue weighted by atomic mass is 16.3. The van der Waals surface area contributed by atoms with E-state index in [1.807, 2.05) is 50.6 Å². The first-order valence-electron chi connectivity index (χ1n) is 6.22. The summed E-state index contributed by atoms with van der Waals surface area (Å²) in [6.07, 6.45) is 1.80. The molecule has 0 aliphatic carbocycles. The number of hydrogen-bond donors (Lipinski definition) is 0. The van der Waals surface area contributed by atoms with Gasteiger partial charge in [-0.25, -0.2) is 4.98 Å². The Kier molecular flexibility index (Phi) is 2.59. The van der Waals surface area contributed by atoms with Gasteiger partial charge in [0.15, 0.2) is 5.76 Å². The fourth-order valence-corrected chi connectivity index (χ4v) is 2.35. The van der Waals surface area contributed by atoms with Crippen molar-refractivity contribution in [3.8, 4) is 22.7 Å². The minimum atomic E-state index is 0.825. The number of hydrogen-bond acceptors (Lipinski definition) is 3. The first-order valence-corrected chi connectivity index (χ1v) is 6.22. The largest absolute Gasteiger partial charge is 0.466 e. The summed E-state index contributed by atoms with van der Waals surface area (Å²) in [4.78, 5) is 4.49. The molecule has 0 saturated heterocycles. The van der Waals surface area contributed by atoms with Gasteiger partial charge in [0.05, 0.1) is 6.33 Å². The van der Waals surface area contributed by atoms with E-state index in [9.17, 15) is 0 Å². The van der Waals surface area contributed by atoms with E-state index < -0.39 is 0 Å². The van der Waals surface area contributed by atoms with Crippen LogP contribution in [0.15, 0.2) is 33.4 Å². The van der Waals surface area contributed by atoms with Crippen LogP contribution >= 0.6 is 0 Å². The Morgan fingerprint density at radius 3 is 2.42 bits per heavy atom. The molecule has 3 rings (SSSR count). The zero-order valence-corrected chi connectivity index (χ0v) is 11.5. The Bertz CT molecular complexity index is 731. The van der Waals surface area contributed by atoms with Gasteiger partial charge in [0.25, 0.3) is 0 Å². The molecule has 0 amide bonds. The quantitative estimate of drug-likeness (QED) is 0.699. The Hall–Kier alpha value is -2.23. The molecule has 4 heteroatoms. The van der Waals surface area contributed by atoms with E-state index in [1.54, 1.807) is 6.33 Å². The molecule has 0 bridgehead atoms. The SMILES string of the molecule is Cc1ccc(-c2c(-c3cc(C)oc3C)ncn2C)o1. The number of rotatable bonds is 2. The van der Waals surface area contributed by atoms with Gasteiger partial charge in [-0.05, 0) is 39.0 Å². The van der Waals surface area contributed by atoms with Crippen LogP contribution in [-0.2, 0) is 7.05 Å². The van der Waals surface area contributed by atoms with Crippen molar-refractivity contribution in [2.75, 3.05) is 0 Å². The fraction of sp³-hybridized carbons (Fsp3) is 0.267. The lowest BCUT2D eigenvalue weighted by molar-refractivity contribution is 0.505. The van der Waals surface area contributed by atoms with Crippen molar-refractivity contribution >= 4 is 0 Å². The summed E-state index contributed by atoms with van der Waals surface area (Å²) >= 11 is 0. The maximum absolute atomic E-state index is 5.73. The Morgan fingerprint density at radius 2 is 1.84 bits per heavy atom. The average Bonchev–Trinajstić information content (AvgIpc) is 2.99. The highest BCUT2D eigenvalue weighted by Crippen LogP contribution is 2.34. The predicted molar refractivity (Wildman–Crippen MR) is 72.8 cm³/mol. The first-order chi connectivity index (χ1) is 9.06. The third kappa shape index (κ3) is 1.89. The second-order valence-electron chi connectivity index (χ2n) is 4.79. The van der Waals surface area contributed by atoms with Gasteiger partial charge in [0.1, 0.15) is 28.7 Å². The maximum Gasteiger partial charge on any atom is 0.152 e.